The number of benzene rings is 2. The summed E-state index contributed by atoms with van der Waals surface area (Å²) in [6, 6.07) is 19.0. The Bertz CT molecular complexity index is 751. The first kappa shape index (κ1) is 22.9. The largest absolute Gasteiger partial charge is 0.465 e. The second-order valence-electron chi connectivity index (χ2n) is 10.3. The minimum absolute atomic E-state index is 0.200. The van der Waals surface area contributed by atoms with Gasteiger partial charge < -0.3 is 9.84 Å². The van der Waals surface area contributed by atoms with Crippen molar-refractivity contribution < 1.29 is 9.84 Å². The van der Waals surface area contributed by atoms with Gasteiger partial charge in [-0.3, -0.25) is 0 Å². The molecule has 2 atom stereocenters. The van der Waals surface area contributed by atoms with Crippen molar-refractivity contribution in [2.45, 2.75) is 91.3 Å². The molecule has 3 rings (SSSR count). The molecule has 0 spiro atoms. The number of aliphatic hydroxyl groups is 1. The number of hydrogen-bond donors (Lipinski definition) is 1. The molecule has 0 bridgehead atoms. The van der Waals surface area contributed by atoms with Crippen LogP contribution in [-0.4, -0.2) is 11.4 Å². The summed E-state index contributed by atoms with van der Waals surface area (Å²) >= 11 is 0. The second kappa shape index (κ2) is 10.0. The number of ether oxygens (including phenoxy) is 1. The number of aliphatic hydroxyl groups excluding tert-OH is 1. The predicted molar refractivity (Wildman–Crippen MR) is 126 cm³/mol. The molecule has 1 fully saturated rings. The summed E-state index contributed by atoms with van der Waals surface area (Å²) in [5.41, 5.74) is 2.68. The van der Waals surface area contributed by atoms with Gasteiger partial charge in [0.25, 0.3) is 0 Å². The van der Waals surface area contributed by atoms with Gasteiger partial charge in [0.15, 0.2) is 0 Å². The Hall–Kier alpha value is -1.80. The van der Waals surface area contributed by atoms with Crippen molar-refractivity contribution in [2.75, 3.05) is 0 Å². The lowest BCUT2D eigenvalue weighted by atomic mass is 9.69. The van der Waals surface area contributed by atoms with E-state index in [1.165, 1.54) is 30.4 Å². The van der Waals surface area contributed by atoms with Gasteiger partial charge in [-0.1, -0.05) is 95.8 Å². The summed E-state index contributed by atoms with van der Waals surface area (Å²) in [5.74, 6) is 1.30. The van der Waals surface area contributed by atoms with E-state index < -0.39 is 6.29 Å². The Morgan fingerprint density at radius 1 is 0.933 bits per heavy atom. The molecule has 1 aliphatic carbocycles. The molecule has 1 saturated carbocycles. The van der Waals surface area contributed by atoms with Crippen LogP contribution in [0.5, 0.6) is 5.75 Å². The fourth-order valence-corrected chi connectivity index (χ4v) is 5.19. The van der Waals surface area contributed by atoms with Gasteiger partial charge in [0.05, 0.1) is 0 Å². The lowest BCUT2D eigenvalue weighted by Crippen LogP contribution is -2.42. The van der Waals surface area contributed by atoms with Crippen molar-refractivity contribution in [2.24, 2.45) is 10.8 Å². The van der Waals surface area contributed by atoms with Gasteiger partial charge in [-0.15, -0.1) is 0 Å². The minimum atomic E-state index is -0.780. The summed E-state index contributed by atoms with van der Waals surface area (Å²) in [6.45, 7) is 9.21. The van der Waals surface area contributed by atoms with Crippen molar-refractivity contribution >= 4 is 0 Å². The van der Waals surface area contributed by atoms with Crippen LogP contribution in [0.25, 0.3) is 0 Å². The molecule has 30 heavy (non-hydrogen) atoms. The highest BCUT2D eigenvalue weighted by molar-refractivity contribution is 5.31. The van der Waals surface area contributed by atoms with Gasteiger partial charge in [-0.05, 0) is 60.3 Å². The van der Waals surface area contributed by atoms with Crippen LogP contribution in [0.4, 0.5) is 0 Å². The zero-order valence-corrected chi connectivity index (χ0v) is 19.4. The summed E-state index contributed by atoms with van der Waals surface area (Å²) in [5, 5.41) is 11.2. The van der Waals surface area contributed by atoms with E-state index >= 15 is 0 Å². The van der Waals surface area contributed by atoms with Crippen LogP contribution < -0.4 is 4.74 Å². The molecule has 0 saturated heterocycles. The molecule has 2 heteroatoms. The molecular formula is C28H40O2. The molecule has 1 N–H and O–H groups in total. The third kappa shape index (κ3) is 5.66. The van der Waals surface area contributed by atoms with Gasteiger partial charge in [-0.25, -0.2) is 0 Å². The Balaban J connectivity index is 1.75. The van der Waals surface area contributed by atoms with E-state index in [0.717, 1.165) is 37.9 Å². The highest BCUT2D eigenvalue weighted by Gasteiger charge is 2.41. The third-order valence-electron chi connectivity index (χ3n) is 6.93. The average Bonchev–Trinajstić information content (AvgIpc) is 2.73. The summed E-state index contributed by atoms with van der Waals surface area (Å²) in [7, 11) is 0. The molecule has 0 heterocycles. The Morgan fingerprint density at radius 3 is 2.13 bits per heavy atom. The summed E-state index contributed by atoms with van der Waals surface area (Å²) in [6.07, 6.45) is 8.07. The minimum Gasteiger partial charge on any atom is -0.465 e. The van der Waals surface area contributed by atoms with Gasteiger partial charge in [0.1, 0.15) is 5.75 Å². The van der Waals surface area contributed by atoms with Crippen LogP contribution in [0.3, 0.4) is 0 Å². The van der Waals surface area contributed by atoms with Crippen molar-refractivity contribution in [3.8, 4) is 5.75 Å². The molecule has 0 radical (unpaired) electrons. The molecule has 2 unspecified atom stereocenters. The van der Waals surface area contributed by atoms with Crippen LogP contribution in [0.2, 0.25) is 0 Å². The number of hydrogen-bond acceptors (Lipinski definition) is 2. The van der Waals surface area contributed by atoms with E-state index in [1.807, 2.05) is 12.1 Å². The first-order chi connectivity index (χ1) is 14.3. The summed E-state index contributed by atoms with van der Waals surface area (Å²) < 4.78 is 6.17. The van der Waals surface area contributed by atoms with E-state index in [-0.39, 0.29) is 10.8 Å². The van der Waals surface area contributed by atoms with Crippen LogP contribution in [0.1, 0.15) is 89.7 Å². The molecule has 0 amide bonds. The van der Waals surface area contributed by atoms with Crippen LogP contribution in [0, 0.1) is 10.8 Å². The molecule has 2 nitrogen and oxygen atoms in total. The summed E-state index contributed by atoms with van der Waals surface area (Å²) in [4.78, 5) is 0. The first-order valence-corrected chi connectivity index (χ1v) is 11.8. The van der Waals surface area contributed by atoms with Gasteiger partial charge in [-0.2, -0.15) is 0 Å². The normalized spacial score (nSPS) is 18.6. The van der Waals surface area contributed by atoms with Crippen LogP contribution in [0.15, 0.2) is 54.6 Å². The fourth-order valence-electron chi connectivity index (χ4n) is 5.19. The SMILES string of the molecule is CCCC(c1ccc(OC(O)C2(Cc3ccccc3)CCCCC2)cc1)C(C)(C)C. The van der Waals surface area contributed by atoms with E-state index in [4.69, 9.17) is 4.74 Å². The van der Waals surface area contributed by atoms with Gasteiger partial charge in [0.2, 0.25) is 6.29 Å². The zero-order valence-electron chi connectivity index (χ0n) is 19.4. The van der Waals surface area contributed by atoms with Crippen LogP contribution in [-0.2, 0) is 6.42 Å². The smallest absolute Gasteiger partial charge is 0.203 e. The maximum Gasteiger partial charge on any atom is 0.203 e. The van der Waals surface area contributed by atoms with E-state index in [9.17, 15) is 5.11 Å². The van der Waals surface area contributed by atoms with E-state index in [1.54, 1.807) is 0 Å². The maximum absolute atomic E-state index is 11.2. The number of rotatable bonds is 8. The maximum atomic E-state index is 11.2. The lowest BCUT2D eigenvalue weighted by Gasteiger charge is -2.41. The fraction of sp³-hybridized carbons (Fsp3) is 0.571. The first-order valence-electron chi connectivity index (χ1n) is 11.8. The molecule has 0 aromatic heterocycles. The topological polar surface area (TPSA) is 29.5 Å². The molecule has 0 aliphatic heterocycles. The molecule has 1 aliphatic rings. The van der Waals surface area contributed by atoms with Gasteiger partial charge >= 0.3 is 0 Å². The zero-order chi connectivity index (χ0) is 21.6. The van der Waals surface area contributed by atoms with Crippen molar-refractivity contribution in [3.05, 3.63) is 65.7 Å². The third-order valence-corrected chi connectivity index (χ3v) is 6.93. The standard InChI is InChI=1S/C28H40O2/c1-5-12-25(27(2,3)4)23-15-17-24(18-16-23)30-26(29)28(19-10-7-11-20-28)21-22-13-8-6-9-14-22/h6,8-9,13-18,25-26,29H,5,7,10-12,19-21H2,1-4H3. The Kier molecular flexibility index (Phi) is 7.63. The second-order valence-corrected chi connectivity index (χ2v) is 10.3. The Labute approximate surface area is 183 Å². The molecule has 164 valence electrons. The molecule has 2 aromatic carbocycles. The monoisotopic (exact) mass is 408 g/mol. The van der Waals surface area contributed by atoms with E-state index in [2.05, 4.69) is 70.2 Å². The van der Waals surface area contributed by atoms with Crippen molar-refractivity contribution in [3.63, 3.8) is 0 Å². The van der Waals surface area contributed by atoms with Gasteiger partial charge in [0, 0.05) is 5.41 Å². The average molecular weight is 409 g/mol. The molecule has 2 aromatic rings. The molecular weight excluding hydrogens is 368 g/mol. The van der Waals surface area contributed by atoms with E-state index in [0.29, 0.717) is 5.92 Å². The van der Waals surface area contributed by atoms with Crippen molar-refractivity contribution in [1.82, 2.24) is 0 Å². The van der Waals surface area contributed by atoms with Crippen molar-refractivity contribution in [1.29, 1.82) is 0 Å². The predicted octanol–water partition coefficient (Wildman–Crippen LogP) is 7.51. The van der Waals surface area contributed by atoms with Crippen LogP contribution >= 0.6 is 0 Å². The highest BCUT2D eigenvalue weighted by Crippen LogP contribution is 2.43. The Morgan fingerprint density at radius 2 is 1.57 bits per heavy atom. The lowest BCUT2D eigenvalue weighted by molar-refractivity contribution is -0.130. The highest BCUT2D eigenvalue weighted by atomic mass is 16.6. The quantitative estimate of drug-likeness (QED) is 0.458.